The average Bonchev–Trinajstić information content (AvgIpc) is 3.27. The predicted molar refractivity (Wildman–Crippen MR) is 111 cm³/mol. The highest BCUT2D eigenvalue weighted by atomic mass is 35.5. The molecule has 0 radical (unpaired) electrons. The average molecular weight is 419 g/mol. The molecule has 1 unspecified atom stereocenters. The molecular weight excluding hydrogens is 396 g/mol. The highest BCUT2D eigenvalue weighted by Gasteiger charge is 2.36. The summed E-state index contributed by atoms with van der Waals surface area (Å²) >= 11 is 7.45. The molecule has 2 heterocycles. The Morgan fingerprint density at radius 1 is 1.36 bits per heavy atom. The zero-order valence-corrected chi connectivity index (χ0v) is 17.3. The number of ether oxygens (including phenoxy) is 1. The monoisotopic (exact) mass is 418 g/mol. The molecule has 1 aromatic carbocycles. The van der Waals surface area contributed by atoms with Crippen molar-refractivity contribution < 1.29 is 14.3 Å². The van der Waals surface area contributed by atoms with Gasteiger partial charge in [-0.25, -0.2) is 0 Å². The first kappa shape index (κ1) is 20.4. The Hall–Kier alpha value is -2.31. The molecule has 0 N–H and O–H groups in total. The van der Waals surface area contributed by atoms with E-state index in [4.69, 9.17) is 16.3 Å². The molecule has 0 spiro atoms. The molecule has 7 heteroatoms. The third kappa shape index (κ3) is 4.94. The van der Waals surface area contributed by atoms with E-state index in [1.54, 1.807) is 23.0 Å². The van der Waals surface area contributed by atoms with Gasteiger partial charge in [-0.2, -0.15) is 0 Å². The third-order valence-electron chi connectivity index (χ3n) is 4.73. The van der Waals surface area contributed by atoms with Gasteiger partial charge in [0.05, 0.1) is 23.9 Å². The van der Waals surface area contributed by atoms with Crippen molar-refractivity contribution in [2.75, 3.05) is 20.2 Å². The molecule has 0 saturated carbocycles. The van der Waals surface area contributed by atoms with Crippen molar-refractivity contribution in [3.63, 3.8) is 0 Å². The van der Waals surface area contributed by atoms with E-state index in [2.05, 4.69) is 6.58 Å². The van der Waals surface area contributed by atoms with Crippen LogP contribution in [0.5, 0.6) is 5.75 Å². The second-order valence-corrected chi connectivity index (χ2v) is 8.54. The van der Waals surface area contributed by atoms with Crippen LogP contribution < -0.4 is 4.74 Å². The Kier molecular flexibility index (Phi) is 6.75. The fourth-order valence-corrected chi connectivity index (χ4v) is 4.42. The highest BCUT2D eigenvalue weighted by molar-refractivity contribution is 7.16. The number of rotatable bonds is 8. The van der Waals surface area contributed by atoms with Gasteiger partial charge in [0, 0.05) is 30.9 Å². The molecule has 1 aliphatic rings. The molecule has 3 rings (SSSR count). The number of halogens is 1. The number of hydrogen-bond acceptors (Lipinski definition) is 4. The minimum atomic E-state index is -0.332. The number of thiophene rings is 1. The van der Waals surface area contributed by atoms with E-state index in [-0.39, 0.29) is 24.2 Å². The standard InChI is InChI=1S/C21H23ClN2O3S/c1-3-10-23(14-18-8-9-19(22)28-18)21(26)16-11-20(25)24(13-16)12-15-4-6-17(27-2)7-5-15/h3-9,16H,1,10-14H2,2H3. The summed E-state index contributed by atoms with van der Waals surface area (Å²) in [6, 6.07) is 11.4. The van der Waals surface area contributed by atoms with Crippen LogP contribution in [0.25, 0.3) is 0 Å². The van der Waals surface area contributed by atoms with Crippen LogP contribution in [0.15, 0.2) is 49.1 Å². The molecule has 1 aliphatic heterocycles. The van der Waals surface area contributed by atoms with Gasteiger partial charge in [0.15, 0.2) is 0 Å². The Bertz CT molecular complexity index is 850. The van der Waals surface area contributed by atoms with Gasteiger partial charge in [0.2, 0.25) is 11.8 Å². The van der Waals surface area contributed by atoms with Crippen LogP contribution in [0.4, 0.5) is 0 Å². The summed E-state index contributed by atoms with van der Waals surface area (Å²) in [6.45, 7) is 5.60. The second kappa shape index (κ2) is 9.26. The first-order valence-corrected chi connectivity index (χ1v) is 10.2. The Morgan fingerprint density at radius 2 is 2.11 bits per heavy atom. The smallest absolute Gasteiger partial charge is 0.228 e. The molecule has 1 atom stereocenters. The number of hydrogen-bond donors (Lipinski definition) is 0. The lowest BCUT2D eigenvalue weighted by Crippen LogP contribution is -2.37. The van der Waals surface area contributed by atoms with Crippen LogP contribution in [0.3, 0.4) is 0 Å². The molecule has 2 amide bonds. The van der Waals surface area contributed by atoms with Crippen molar-refractivity contribution >= 4 is 34.8 Å². The van der Waals surface area contributed by atoms with E-state index in [1.807, 2.05) is 36.4 Å². The number of likely N-dealkylation sites (tertiary alicyclic amines) is 1. The maximum absolute atomic E-state index is 13.0. The largest absolute Gasteiger partial charge is 0.497 e. The molecule has 1 saturated heterocycles. The fourth-order valence-electron chi connectivity index (χ4n) is 3.31. The van der Waals surface area contributed by atoms with Crippen molar-refractivity contribution in [3.05, 3.63) is 63.8 Å². The summed E-state index contributed by atoms with van der Waals surface area (Å²) in [6.07, 6.45) is 1.95. The zero-order valence-electron chi connectivity index (χ0n) is 15.8. The van der Waals surface area contributed by atoms with Gasteiger partial charge >= 0.3 is 0 Å². The summed E-state index contributed by atoms with van der Waals surface area (Å²) < 4.78 is 5.86. The van der Waals surface area contributed by atoms with Crippen molar-refractivity contribution in [2.45, 2.75) is 19.5 Å². The molecule has 1 aromatic heterocycles. The lowest BCUT2D eigenvalue weighted by molar-refractivity contribution is -0.135. The van der Waals surface area contributed by atoms with Crippen LogP contribution in [-0.4, -0.2) is 41.8 Å². The number of methoxy groups -OCH3 is 1. The molecule has 2 aromatic rings. The van der Waals surface area contributed by atoms with Crippen LogP contribution in [-0.2, 0) is 22.7 Å². The summed E-state index contributed by atoms with van der Waals surface area (Å²) in [5.74, 6) is 0.432. The molecule has 0 aliphatic carbocycles. The summed E-state index contributed by atoms with van der Waals surface area (Å²) in [5, 5.41) is 0. The predicted octanol–water partition coefficient (Wildman–Crippen LogP) is 3.97. The molecule has 0 bridgehead atoms. The van der Waals surface area contributed by atoms with Crippen LogP contribution in [0.2, 0.25) is 4.34 Å². The lowest BCUT2D eigenvalue weighted by atomic mass is 10.1. The number of carbonyl (C=O) groups excluding carboxylic acids is 2. The molecule has 28 heavy (non-hydrogen) atoms. The normalized spacial score (nSPS) is 16.3. The van der Waals surface area contributed by atoms with Crippen molar-refractivity contribution in [2.24, 2.45) is 5.92 Å². The van der Waals surface area contributed by atoms with Crippen LogP contribution >= 0.6 is 22.9 Å². The van der Waals surface area contributed by atoms with E-state index < -0.39 is 0 Å². The summed E-state index contributed by atoms with van der Waals surface area (Å²) in [4.78, 5) is 30.0. The minimum absolute atomic E-state index is 0.00638. The fraction of sp³-hybridized carbons (Fsp3) is 0.333. The topological polar surface area (TPSA) is 49.9 Å². The molecule has 1 fully saturated rings. The van der Waals surface area contributed by atoms with Gasteiger partial charge in [0.1, 0.15) is 5.75 Å². The van der Waals surface area contributed by atoms with Gasteiger partial charge in [-0.15, -0.1) is 17.9 Å². The van der Waals surface area contributed by atoms with Crippen molar-refractivity contribution in [1.82, 2.24) is 9.80 Å². The number of nitrogens with zero attached hydrogens (tertiary/aromatic N) is 2. The lowest BCUT2D eigenvalue weighted by Gasteiger charge is -2.24. The van der Waals surface area contributed by atoms with Gasteiger partial charge in [-0.1, -0.05) is 29.8 Å². The first-order chi connectivity index (χ1) is 13.5. The molecule has 148 valence electrons. The number of benzene rings is 1. The van der Waals surface area contributed by atoms with Gasteiger partial charge in [-0.3, -0.25) is 9.59 Å². The van der Waals surface area contributed by atoms with E-state index in [9.17, 15) is 9.59 Å². The van der Waals surface area contributed by atoms with Crippen LogP contribution in [0.1, 0.15) is 16.9 Å². The Morgan fingerprint density at radius 3 is 2.71 bits per heavy atom. The van der Waals surface area contributed by atoms with Crippen molar-refractivity contribution in [3.8, 4) is 5.75 Å². The first-order valence-electron chi connectivity index (χ1n) is 9.04. The highest BCUT2D eigenvalue weighted by Crippen LogP contribution is 2.26. The maximum Gasteiger partial charge on any atom is 0.228 e. The van der Waals surface area contributed by atoms with Gasteiger partial charge in [-0.05, 0) is 29.8 Å². The van der Waals surface area contributed by atoms with Gasteiger partial charge in [0.25, 0.3) is 0 Å². The van der Waals surface area contributed by atoms with E-state index in [0.717, 1.165) is 16.2 Å². The number of carbonyl (C=O) groups is 2. The third-order valence-corrected chi connectivity index (χ3v) is 5.95. The van der Waals surface area contributed by atoms with Gasteiger partial charge < -0.3 is 14.5 Å². The van der Waals surface area contributed by atoms with E-state index in [1.165, 1.54) is 11.3 Å². The van der Waals surface area contributed by atoms with E-state index in [0.29, 0.717) is 30.5 Å². The zero-order chi connectivity index (χ0) is 20.1. The quantitative estimate of drug-likeness (QED) is 0.609. The second-order valence-electron chi connectivity index (χ2n) is 6.74. The van der Waals surface area contributed by atoms with Crippen molar-refractivity contribution in [1.29, 1.82) is 0 Å². The van der Waals surface area contributed by atoms with E-state index >= 15 is 0 Å². The SMILES string of the molecule is C=CCN(Cc1ccc(Cl)s1)C(=O)C1CC(=O)N(Cc2ccc(OC)cc2)C1. The minimum Gasteiger partial charge on any atom is -0.497 e. The molecule has 5 nitrogen and oxygen atoms in total. The Balaban J connectivity index is 1.64. The number of amides is 2. The molecular formula is C21H23ClN2O3S. The Labute approximate surface area is 174 Å². The summed E-state index contributed by atoms with van der Waals surface area (Å²) in [7, 11) is 1.62. The summed E-state index contributed by atoms with van der Waals surface area (Å²) in [5.41, 5.74) is 1.01. The maximum atomic E-state index is 13.0. The van der Waals surface area contributed by atoms with Crippen LogP contribution in [0, 0.1) is 5.92 Å².